The van der Waals surface area contributed by atoms with Crippen LogP contribution in [0.2, 0.25) is 0 Å². The molecule has 0 saturated carbocycles. The number of rotatable bonds is 4. The van der Waals surface area contributed by atoms with Crippen LogP contribution in [0.15, 0.2) is 23.5 Å². The standard InChI is InChI=1S/C14H22N4O2/c1-10-4-6-18(9-13(10)20-2)8-11-3-5-16-12(7-11)14(15)17-19/h3,5,7,10,13,19H,4,6,8-9H2,1-2H3,(H2,15,17). The van der Waals surface area contributed by atoms with Crippen LogP contribution in [0.25, 0.3) is 0 Å². The molecule has 110 valence electrons. The van der Waals surface area contributed by atoms with E-state index in [1.54, 1.807) is 13.3 Å². The molecular formula is C14H22N4O2. The van der Waals surface area contributed by atoms with Crippen LogP contribution in [0.1, 0.15) is 24.6 Å². The van der Waals surface area contributed by atoms with Crippen molar-refractivity contribution in [3.8, 4) is 0 Å². The molecule has 2 rings (SSSR count). The molecule has 0 radical (unpaired) electrons. The van der Waals surface area contributed by atoms with Gasteiger partial charge in [0.05, 0.1) is 6.10 Å². The molecule has 0 bridgehead atoms. The Morgan fingerprint density at radius 3 is 3.15 bits per heavy atom. The van der Waals surface area contributed by atoms with Gasteiger partial charge in [-0.3, -0.25) is 9.88 Å². The van der Waals surface area contributed by atoms with Crippen molar-refractivity contribution in [1.82, 2.24) is 9.88 Å². The average molecular weight is 278 g/mol. The number of hydrogen-bond acceptors (Lipinski definition) is 5. The number of likely N-dealkylation sites (tertiary alicyclic amines) is 1. The molecule has 20 heavy (non-hydrogen) atoms. The largest absolute Gasteiger partial charge is 0.409 e. The van der Waals surface area contributed by atoms with E-state index in [1.165, 1.54) is 0 Å². The zero-order valence-electron chi connectivity index (χ0n) is 12.0. The smallest absolute Gasteiger partial charge is 0.188 e. The summed E-state index contributed by atoms with van der Waals surface area (Å²) in [7, 11) is 1.77. The fraction of sp³-hybridized carbons (Fsp3) is 0.571. The number of methoxy groups -OCH3 is 1. The molecule has 2 atom stereocenters. The van der Waals surface area contributed by atoms with Crippen molar-refractivity contribution in [3.63, 3.8) is 0 Å². The number of amidine groups is 1. The Kier molecular flexibility index (Phi) is 4.92. The molecule has 6 nitrogen and oxygen atoms in total. The minimum absolute atomic E-state index is 0.0360. The normalized spacial score (nSPS) is 24.8. The molecular weight excluding hydrogens is 256 g/mol. The van der Waals surface area contributed by atoms with Gasteiger partial charge in [-0.15, -0.1) is 0 Å². The number of nitrogens with zero attached hydrogens (tertiary/aromatic N) is 3. The second-order valence-electron chi connectivity index (χ2n) is 5.31. The van der Waals surface area contributed by atoms with Crippen molar-refractivity contribution in [1.29, 1.82) is 0 Å². The summed E-state index contributed by atoms with van der Waals surface area (Å²) in [5.41, 5.74) is 7.16. The second kappa shape index (κ2) is 6.67. The highest BCUT2D eigenvalue weighted by molar-refractivity contribution is 5.95. The van der Waals surface area contributed by atoms with Gasteiger partial charge in [-0.1, -0.05) is 12.1 Å². The topological polar surface area (TPSA) is 84.0 Å². The summed E-state index contributed by atoms with van der Waals surface area (Å²) in [4.78, 5) is 6.45. The van der Waals surface area contributed by atoms with Crippen LogP contribution in [0.4, 0.5) is 0 Å². The Balaban J connectivity index is 2.03. The van der Waals surface area contributed by atoms with Crippen LogP contribution in [0.3, 0.4) is 0 Å². The number of oxime groups is 1. The van der Waals surface area contributed by atoms with Gasteiger partial charge in [0.2, 0.25) is 0 Å². The Bertz CT molecular complexity index is 478. The van der Waals surface area contributed by atoms with Gasteiger partial charge in [0, 0.05) is 26.4 Å². The van der Waals surface area contributed by atoms with E-state index in [0.29, 0.717) is 11.6 Å². The van der Waals surface area contributed by atoms with Crippen LogP contribution in [-0.2, 0) is 11.3 Å². The lowest BCUT2D eigenvalue weighted by Crippen LogP contribution is -2.43. The maximum atomic E-state index is 8.69. The Morgan fingerprint density at radius 1 is 1.65 bits per heavy atom. The van der Waals surface area contributed by atoms with Gasteiger partial charge in [0.25, 0.3) is 0 Å². The van der Waals surface area contributed by atoms with Crippen LogP contribution < -0.4 is 5.73 Å². The molecule has 0 aromatic carbocycles. The number of hydrogen-bond donors (Lipinski definition) is 2. The molecule has 1 fully saturated rings. The van der Waals surface area contributed by atoms with E-state index in [1.807, 2.05) is 12.1 Å². The molecule has 2 heterocycles. The average Bonchev–Trinajstić information content (AvgIpc) is 2.48. The molecule has 1 aliphatic heterocycles. The molecule has 6 heteroatoms. The molecule has 1 saturated heterocycles. The highest BCUT2D eigenvalue weighted by Crippen LogP contribution is 2.21. The Hall–Kier alpha value is -1.66. The van der Waals surface area contributed by atoms with Crippen LogP contribution >= 0.6 is 0 Å². The number of ether oxygens (including phenoxy) is 1. The summed E-state index contributed by atoms with van der Waals surface area (Å²) in [5.74, 6) is 0.635. The molecule has 2 unspecified atom stereocenters. The van der Waals surface area contributed by atoms with Crippen molar-refractivity contribution in [2.45, 2.75) is 26.0 Å². The molecule has 0 aliphatic carbocycles. The third-order valence-electron chi connectivity index (χ3n) is 3.88. The lowest BCUT2D eigenvalue weighted by molar-refractivity contribution is -0.00745. The molecule has 0 amide bonds. The monoisotopic (exact) mass is 278 g/mol. The van der Waals surface area contributed by atoms with Gasteiger partial charge in [0.15, 0.2) is 5.84 Å². The molecule has 1 aromatic heterocycles. The van der Waals surface area contributed by atoms with Gasteiger partial charge in [-0.2, -0.15) is 0 Å². The Labute approximate surface area is 119 Å². The maximum absolute atomic E-state index is 8.69. The predicted molar refractivity (Wildman–Crippen MR) is 76.6 cm³/mol. The van der Waals surface area contributed by atoms with Crippen LogP contribution in [0, 0.1) is 5.92 Å². The molecule has 3 N–H and O–H groups in total. The first-order valence-corrected chi connectivity index (χ1v) is 6.82. The first-order chi connectivity index (χ1) is 9.63. The summed E-state index contributed by atoms with van der Waals surface area (Å²) in [6.45, 7) is 5.04. The SMILES string of the molecule is COC1CN(Cc2ccnc(/C(N)=N/O)c2)CCC1C. The first-order valence-electron chi connectivity index (χ1n) is 6.82. The van der Waals surface area contributed by atoms with Gasteiger partial charge >= 0.3 is 0 Å². The van der Waals surface area contributed by atoms with E-state index in [0.717, 1.165) is 31.6 Å². The summed E-state index contributed by atoms with van der Waals surface area (Å²) in [6, 6.07) is 3.81. The third-order valence-corrected chi connectivity index (χ3v) is 3.88. The quantitative estimate of drug-likeness (QED) is 0.372. The summed E-state index contributed by atoms with van der Waals surface area (Å²) in [5, 5.41) is 11.7. The number of piperidine rings is 1. The van der Waals surface area contributed by atoms with E-state index >= 15 is 0 Å². The second-order valence-corrected chi connectivity index (χ2v) is 5.31. The fourth-order valence-electron chi connectivity index (χ4n) is 2.57. The van der Waals surface area contributed by atoms with Crippen molar-refractivity contribution in [2.75, 3.05) is 20.2 Å². The maximum Gasteiger partial charge on any atom is 0.188 e. The van der Waals surface area contributed by atoms with E-state index in [4.69, 9.17) is 15.7 Å². The van der Waals surface area contributed by atoms with Gasteiger partial charge < -0.3 is 15.7 Å². The lowest BCUT2D eigenvalue weighted by Gasteiger charge is -2.36. The van der Waals surface area contributed by atoms with Gasteiger partial charge in [-0.25, -0.2) is 0 Å². The minimum Gasteiger partial charge on any atom is -0.409 e. The highest BCUT2D eigenvalue weighted by Gasteiger charge is 2.25. The van der Waals surface area contributed by atoms with E-state index in [-0.39, 0.29) is 11.9 Å². The fourth-order valence-corrected chi connectivity index (χ4v) is 2.57. The Morgan fingerprint density at radius 2 is 2.45 bits per heavy atom. The molecule has 1 aliphatic rings. The number of aromatic nitrogens is 1. The van der Waals surface area contributed by atoms with E-state index in [9.17, 15) is 0 Å². The van der Waals surface area contributed by atoms with E-state index < -0.39 is 0 Å². The number of nitrogens with two attached hydrogens (primary N) is 1. The number of pyridine rings is 1. The highest BCUT2D eigenvalue weighted by atomic mass is 16.5. The summed E-state index contributed by atoms with van der Waals surface area (Å²) < 4.78 is 5.52. The van der Waals surface area contributed by atoms with Crippen LogP contribution in [-0.4, -0.2) is 47.2 Å². The zero-order chi connectivity index (χ0) is 14.5. The molecule has 0 spiro atoms. The summed E-state index contributed by atoms with van der Waals surface area (Å²) in [6.07, 6.45) is 3.11. The first kappa shape index (κ1) is 14.7. The van der Waals surface area contributed by atoms with Crippen molar-refractivity contribution in [2.24, 2.45) is 16.8 Å². The van der Waals surface area contributed by atoms with Gasteiger partial charge in [0.1, 0.15) is 5.69 Å². The van der Waals surface area contributed by atoms with Crippen molar-refractivity contribution < 1.29 is 9.94 Å². The zero-order valence-corrected chi connectivity index (χ0v) is 12.0. The lowest BCUT2D eigenvalue weighted by atomic mass is 9.95. The summed E-state index contributed by atoms with van der Waals surface area (Å²) >= 11 is 0. The van der Waals surface area contributed by atoms with Crippen molar-refractivity contribution >= 4 is 5.84 Å². The van der Waals surface area contributed by atoms with Crippen molar-refractivity contribution in [3.05, 3.63) is 29.6 Å². The predicted octanol–water partition coefficient (Wildman–Crippen LogP) is 1.03. The van der Waals surface area contributed by atoms with E-state index in [2.05, 4.69) is 22.0 Å². The van der Waals surface area contributed by atoms with Gasteiger partial charge in [-0.05, 0) is 36.6 Å². The van der Waals surface area contributed by atoms with Crippen LogP contribution in [0.5, 0.6) is 0 Å². The molecule has 1 aromatic rings. The minimum atomic E-state index is 0.0360. The third kappa shape index (κ3) is 3.46.